The van der Waals surface area contributed by atoms with Gasteiger partial charge in [-0.25, -0.2) is 9.18 Å². The Hall–Kier alpha value is -2.28. The van der Waals surface area contributed by atoms with Gasteiger partial charge in [-0.05, 0) is 18.2 Å². The van der Waals surface area contributed by atoms with Crippen molar-refractivity contribution in [3.05, 3.63) is 29.6 Å². The lowest BCUT2D eigenvalue weighted by Crippen LogP contribution is -2.18. The number of rotatable bonds is 6. The Morgan fingerprint density at radius 2 is 1.95 bits per heavy atom. The van der Waals surface area contributed by atoms with Gasteiger partial charge in [0, 0.05) is 19.7 Å². The first-order chi connectivity index (χ1) is 9.43. The number of Topliss-reactive ketones (excluding diaryl/α,β-unsaturated/α-hetero) is 1. The molecule has 6 nitrogen and oxygen atoms in total. The highest BCUT2D eigenvalue weighted by Gasteiger charge is 2.14. The van der Waals surface area contributed by atoms with E-state index in [1.807, 2.05) is 0 Å². The topological polar surface area (TPSA) is 81.7 Å². The second kappa shape index (κ2) is 7.34. The molecule has 0 aliphatic heterocycles. The molecule has 0 radical (unpaired) electrons. The summed E-state index contributed by atoms with van der Waals surface area (Å²) >= 11 is 0. The molecule has 0 unspecified atom stereocenters. The van der Waals surface area contributed by atoms with E-state index in [0.717, 1.165) is 6.07 Å². The fourth-order valence-electron chi connectivity index (χ4n) is 1.41. The van der Waals surface area contributed by atoms with Crippen molar-refractivity contribution >= 4 is 23.3 Å². The van der Waals surface area contributed by atoms with Crippen molar-refractivity contribution in [2.75, 3.05) is 25.6 Å². The van der Waals surface area contributed by atoms with E-state index in [2.05, 4.69) is 14.8 Å². The third kappa shape index (κ3) is 4.77. The van der Waals surface area contributed by atoms with Crippen LogP contribution in [0.2, 0.25) is 0 Å². The first kappa shape index (κ1) is 15.8. The van der Waals surface area contributed by atoms with E-state index in [9.17, 15) is 18.8 Å². The molecule has 0 saturated heterocycles. The number of hydrogen-bond acceptors (Lipinski definition) is 5. The van der Waals surface area contributed by atoms with E-state index in [0.29, 0.717) is 0 Å². The summed E-state index contributed by atoms with van der Waals surface area (Å²) in [6.07, 6.45) is 0. The number of carbonyl (C=O) groups is 3. The third-order valence-corrected chi connectivity index (χ3v) is 2.22. The van der Waals surface area contributed by atoms with Crippen molar-refractivity contribution in [1.29, 1.82) is 0 Å². The Morgan fingerprint density at radius 1 is 1.25 bits per heavy atom. The van der Waals surface area contributed by atoms with E-state index >= 15 is 0 Å². The molecule has 20 heavy (non-hydrogen) atoms. The van der Waals surface area contributed by atoms with Gasteiger partial charge in [-0.2, -0.15) is 0 Å². The summed E-state index contributed by atoms with van der Waals surface area (Å²) in [4.78, 5) is 33.5. The first-order valence-corrected chi connectivity index (χ1v) is 5.69. The van der Waals surface area contributed by atoms with E-state index < -0.39 is 24.2 Å². The lowest BCUT2D eigenvalue weighted by Gasteiger charge is -2.07. The molecule has 0 heterocycles. The van der Waals surface area contributed by atoms with Gasteiger partial charge in [-0.3, -0.25) is 9.59 Å². The molecule has 0 aliphatic carbocycles. The van der Waals surface area contributed by atoms with Crippen LogP contribution in [-0.2, 0) is 19.1 Å². The van der Waals surface area contributed by atoms with Gasteiger partial charge in [0.2, 0.25) is 11.7 Å². The van der Waals surface area contributed by atoms with Crippen molar-refractivity contribution < 1.29 is 28.2 Å². The number of anilines is 1. The molecule has 1 N–H and O–H groups in total. The van der Waals surface area contributed by atoms with Crippen LogP contribution in [-0.4, -0.2) is 38.0 Å². The highest BCUT2D eigenvalue weighted by Crippen LogP contribution is 2.15. The molecule has 1 aromatic carbocycles. The SMILES string of the molecule is COCC(=O)OCC(=O)c1ccc(NC(C)=O)cc1F. The Labute approximate surface area is 114 Å². The second-order valence-corrected chi connectivity index (χ2v) is 3.89. The molecule has 0 aliphatic rings. The van der Waals surface area contributed by atoms with Crippen LogP contribution in [0.15, 0.2) is 18.2 Å². The van der Waals surface area contributed by atoms with Crippen LogP contribution < -0.4 is 5.32 Å². The van der Waals surface area contributed by atoms with Gasteiger partial charge in [0.25, 0.3) is 0 Å². The van der Waals surface area contributed by atoms with E-state index in [1.165, 1.54) is 26.2 Å². The summed E-state index contributed by atoms with van der Waals surface area (Å²) < 4.78 is 22.8. The fraction of sp³-hybridized carbons (Fsp3) is 0.308. The van der Waals surface area contributed by atoms with Gasteiger partial charge in [-0.1, -0.05) is 0 Å². The number of carbonyl (C=O) groups excluding carboxylic acids is 3. The molecule has 1 amide bonds. The Kier molecular flexibility index (Phi) is 5.79. The summed E-state index contributed by atoms with van der Waals surface area (Å²) in [5, 5.41) is 2.39. The average Bonchev–Trinajstić information content (AvgIpc) is 2.35. The van der Waals surface area contributed by atoms with Crippen molar-refractivity contribution in [2.24, 2.45) is 0 Å². The zero-order valence-corrected chi connectivity index (χ0v) is 11.1. The van der Waals surface area contributed by atoms with E-state index in [-0.39, 0.29) is 23.8 Å². The largest absolute Gasteiger partial charge is 0.456 e. The first-order valence-electron chi connectivity index (χ1n) is 5.69. The number of methoxy groups -OCH3 is 1. The number of benzene rings is 1. The fourth-order valence-corrected chi connectivity index (χ4v) is 1.41. The van der Waals surface area contributed by atoms with Crippen LogP contribution in [0.4, 0.5) is 10.1 Å². The molecule has 1 aromatic rings. The van der Waals surface area contributed by atoms with Crippen molar-refractivity contribution in [3.63, 3.8) is 0 Å². The zero-order chi connectivity index (χ0) is 15.1. The molecule has 7 heteroatoms. The Balaban J connectivity index is 2.69. The molecule has 0 aromatic heterocycles. The van der Waals surface area contributed by atoms with Crippen LogP contribution in [0.5, 0.6) is 0 Å². The number of amides is 1. The predicted octanol–water partition coefficient (Wildman–Crippen LogP) is 1.16. The van der Waals surface area contributed by atoms with Crippen LogP contribution >= 0.6 is 0 Å². The van der Waals surface area contributed by atoms with Gasteiger partial charge in [0.1, 0.15) is 12.4 Å². The lowest BCUT2D eigenvalue weighted by atomic mass is 10.1. The molecular formula is C13H14FNO5. The quantitative estimate of drug-likeness (QED) is 0.625. The number of esters is 1. The predicted molar refractivity (Wildman–Crippen MR) is 67.9 cm³/mol. The molecule has 108 valence electrons. The molecular weight excluding hydrogens is 269 g/mol. The minimum absolute atomic E-state index is 0.218. The van der Waals surface area contributed by atoms with Crippen molar-refractivity contribution in [3.8, 4) is 0 Å². The summed E-state index contributed by atoms with van der Waals surface area (Å²) in [6.45, 7) is 0.433. The molecule has 0 atom stereocenters. The number of halogens is 1. The second-order valence-electron chi connectivity index (χ2n) is 3.89. The minimum atomic E-state index is -0.802. The number of hydrogen-bond donors (Lipinski definition) is 1. The Morgan fingerprint density at radius 3 is 2.50 bits per heavy atom. The molecule has 0 spiro atoms. The van der Waals surface area contributed by atoms with Crippen molar-refractivity contribution in [2.45, 2.75) is 6.92 Å². The van der Waals surface area contributed by atoms with Crippen molar-refractivity contribution in [1.82, 2.24) is 0 Å². The van der Waals surface area contributed by atoms with E-state index in [4.69, 9.17) is 0 Å². The van der Waals surface area contributed by atoms with Gasteiger partial charge in [0.05, 0.1) is 5.56 Å². The monoisotopic (exact) mass is 283 g/mol. The number of ether oxygens (including phenoxy) is 2. The third-order valence-electron chi connectivity index (χ3n) is 2.22. The van der Waals surface area contributed by atoms with E-state index in [1.54, 1.807) is 0 Å². The summed E-state index contributed by atoms with van der Waals surface area (Å²) in [6, 6.07) is 3.62. The standard InChI is InChI=1S/C13H14FNO5/c1-8(16)15-9-3-4-10(11(14)5-9)12(17)6-20-13(18)7-19-2/h3-5H,6-7H2,1-2H3,(H,15,16). The average molecular weight is 283 g/mol. The molecule has 0 bridgehead atoms. The van der Waals surface area contributed by atoms with Crippen LogP contribution in [0, 0.1) is 5.82 Å². The van der Waals surface area contributed by atoms with Crippen LogP contribution in [0.3, 0.4) is 0 Å². The highest BCUT2D eigenvalue weighted by atomic mass is 19.1. The lowest BCUT2D eigenvalue weighted by molar-refractivity contribution is -0.146. The highest BCUT2D eigenvalue weighted by molar-refractivity contribution is 5.99. The maximum atomic E-state index is 13.7. The maximum Gasteiger partial charge on any atom is 0.332 e. The normalized spacial score (nSPS) is 9.95. The van der Waals surface area contributed by atoms with Gasteiger partial charge in [0.15, 0.2) is 6.61 Å². The molecule has 0 fully saturated rings. The summed E-state index contributed by atoms with van der Waals surface area (Å²) in [5.74, 6) is -2.54. The molecule has 1 rings (SSSR count). The van der Waals surface area contributed by atoms with Crippen LogP contribution in [0.1, 0.15) is 17.3 Å². The Bertz CT molecular complexity index is 529. The zero-order valence-electron chi connectivity index (χ0n) is 11.1. The summed E-state index contributed by atoms with van der Waals surface area (Å²) in [7, 11) is 1.31. The minimum Gasteiger partial charge on any atom is -0.456 e. The van der Waals surface area contributed by atoms with Gasteiger partial charge < -0.3 is 14.8 Å². The van der Waals surface area contributed by atoms with Gasteiger partial charge >= 0.3 is 5.97 Å². The number of ketones is 1. The summed E-state index contributed by atoms with van der Waals surface area (Å²) in [5.41, 5.74) is 0.0206. The smallest absolute Gasteiger partial charge is 0.332 e. The van der Waals surface area contributed by atoms with Crippen LogP contribution in [0.25, 0.3) is 0 Å². The molecule has 0 saturated carbocycles. The van der Waals surface area contributed by atoms with Gasteiger partial charge in [-0.15, -0.1) is 0 Å². The maximum absolute atomic E-state index is 13.7. The number of nitrogens with one attached hydrogen (secondary N) is 1.